The Hall–Kier alpha value is -3.57. The number of para-hydroxylation sites is 2. The molecule has 3 aromatic carbocycles. The lowest BCUT2D eigenvalue weighted by Crippen LogP contribution is -2.13. The van der Waals surface area contributed by atoms with Crippen molar-refractivity contribution in [3.05, 3.63) is 89.0 Å². The summed E-state index contributed by atoms with van der Waals surface area (Å²) in [5, 5.41) is 5.65. The highest BCUT2D eigenvalue weighted by molar-refractivity contribution is 6.31. The van der Waals surface area contributed by atoms with Crippen molar-refractivity contribution in [1.82, 2.24) is 14.5 Å². The number of carbonyl (C=O) groups excluding carboxylic acids is 1. The van der Waals surface area contributed by atoms with Crippen molar-refractivity contribution < 1.29 is 4.79 Å². The van der Waals surface area contributed by atoms with E-state index >= 15 is 0 Å². The number of carbonyl (C=O) groups is 1. The maximum Gasteiger partial charge on any atom is 0.257 e. The van der Waals surface area contributed by atoms with Crippen LogP contribution < -0.4 is 5.32 Å². The van der Waals surface area contributed by atoms with Crippen molar-refractivity contribution in [2.45, 2.75) is 13.8 Å². The lowest BCUT2D eigenvalue weighted by molar-refractivity contribution is 0.102. The van der Waals surface area contributed by atoms with Gasteiger partial charge in [-0.3, -0.25) is 4.79 Å². The Balaban J connectivity index is 1.54. The lowest BCUT2D eigenvalue weighted by Gasteiger charge is -2.11. The zero-order valence-electron chi connectivity index (χ0n) is 16.5. The Morgan fingerprint density at radius 1 is 1.03 bits per heavy atom. The van der Waals surface area contributed by atoms with Gasteiger partial charge in [0, 0.05) is 32.7 Å². The fourth-order valence-corrected chi connectivity index (χ4v) is 4.03. The molecule has 0 fully saturated rings. The molecule has 0 atom stereocenters. The third kappa shape index (κ3) is 3.04. The van der Waals surface area contributed by atoms with E-state index in [-0.39, 0.29) is 5.91 Å². The van der Waals surface area contributed by atoms with E-state index in [9.17, 15) is 4.79 Å². The van der Waals surface area contributed by atoms with Crippen molar-refractivity contribution in [2.24, 2.45) is 0 Å². The number of rotatable bonds is 3. The van der Waals surface area contributed by atoms with Crippen LogP contribution >= 0.6 is 11.6 Å². The molecule has 0 spiro atoms. The van der Waals surface area contributed by atoms with Crippen LogP contribution in [0.3, 0.4) is 0 Å². The smallest absolute Gasteiger partial charge is 0.257 e. The molecule has 0 aliphatic heterocycles. The van der Waals surface area contributed by atoms with Crippen LogP contribution in [0.15, 0.2) is 67.0 Å². The molecule has 30 heavy (non-hydrogen) atoms. The molecule has 5 aromatic rings. The van der Waals surface area contributed by atoms with Crippen LogP contribution in [-0.4, -0.2) is 20.4 Å². The molecule has 0 unspecified atom stereocenters. The minimum absolute atomic E-state index is 0.195. The first-order valence-corrected chi connectivity index (χ1v) is 10.0. The van der Waals surface area contributed by atoms with Crippen LogP contribution in [0.5, 0.6) is 0 Å². The molecule has 2 N–H and O–H groups in total. The monoisotopic (exact) mass is 414 g/mol. The van der Waals surface area contributed by atoms with Gasteiger partial charge in [0.1, 0.15) is 0 Å². The molecule has 0 saturated carbocycles. The molecule has 6 heteroatoms. The highest BCUT2D eigenvalue weighted by Gasteiger charge is 2.15. The molecule has 0 aliphatic carbocycles. The Kier molecular flexibility index (Phi) is 4.33. The van der Waals surface area contributed by atoms with Gasteiger partial charge in [-0.2, -0.15) is 0 Å². The molecule has 1 amide bonds. The molecule has 2 heterocycles. The summed E-state index contributed by atoms with van der Waals surface area (Å²) in [5.41, 5.74) is 5.85. The van der Waals surface area contributed by atoms with Gasteiger partial charge in [-0.15, -0.1) is 0 Å². The Labute approximate surface area is 178 Å². The van der Waals surface area contributed by atoms with E-state index in [1.165, 1.54) is 0 Å². The fraction of sp³-hybridized carbons (Fsp3) is 0.0833. The summed E-state index contributed by atoms with van der Waals surface area (Å²) in [5.74, 6) is -0.195. The molecule has 5 rings (SSSR count). The number of hydrogen-bond donors (Lipinski definition) is 2. The number of imidazole rings is 1. The highest BCUT2D eigenvalue weighted by atomic mass is 35.5. The molecule has 148 valence electrons. The third-order valence-corrected chi connectivity index (χ3v) is 5.67. The molecule has 2 aromatic heterocycles. The number of aromatic nitrogens is 3. The first kappa shape index (κ1) is 18.5. The van der Waals surface area contributed by atoms with E-state index in [4.69, 9.17) is 11.6 Å². The van der Waals surface area contributed by atoms with Crippen LogP contribution in [0.2, 0.25) is 5.02 Å². The van der Waals surface area contributed by atoms with Crippen molar-refractivity contribution in [2.75, 3.05) is 5.32 Å². The van der Waals surface area contributed by atoms with E-state index in [2.05, 4.69) is 21.4 Å². The number of nitrogens with zero attached hydrogens (tertiary/aromatic N) is 2. The van der Waals surface area contributed by atoms with Gasteiger partial charge in [-0.1, -0.05) is 41.9 Å². The standard InChI is InChI=1S/C24H19ClN4O/c1-14-15(2)29(13-26-14)18-11-16(25)10-17(12-18)27-24(30)21-8-5-7-20-19-6-3-4-9-22(19)28-23(20)21/h3-13,28H,1-2H3,(H,27,30). The summed E-state index contributed by atoms with van der Waals surface area (Å²) < 4.78 is 1.95. The van der Waals surface area contributed by atoms with Gasteiger partial charge in [0.05, 0.1) is 28.8 Å². The van der Waals surface area contributed by atoms with Gasteiger partial charge >= 0.3 is 0 Å². The Bertz CT molecular complexity index is 1430. The first-order valence-electron chi connectivity index (χ1n) is 9.63. The normalized spacial score (nSPS) is 11.3. The molecular weight excluding hydrogens is 396 g/mol. The number of fused-ring (bicyclic) bond motifs is 3. The topological polar surface area (TPSA) is 62.7 Å². The van der Waals surface area contributed by atoms with Crippen LogP contribution in [0.25, 0.3) is 27.5 Å². The van der Waals surface area contributed by atoms with Gasteiger partial charge < -0.3 is 14.9 Å². The van der Waals surface area contributed by atoms with E-state index in [0.717, 1.165) is 38.9 Å². The van der Waals surface area contributed by atoms with E-state index < -0.39 is 0 Å². The second-order valence-electron chi connectivity index (χ2n) is 7.34. The number of halogens is 1. The van der Waals surface area contributed by atoms with Gasteiger partial charge in [0.2, 0.25) is 0 Å². The summed E-state index contributed by atoms with van der Waals surface area (Å²) in [7, 11) is 0. The number of aromatic amines is 1. The largest absolute Gasteiger partial charge is 0.354 e. The summed E-state index contributed by atoms with van der Waals surface area (Å²) in [6, 6.07) is 19.3. The number of anilines is 1. The molecule has 0 radical (unpaired) electrons. The Morgan fingerprint density at radius 3 is 2.63 bits per heavy atom. The summed E-state index contributed by atoms with van der Waals surface area (Å²) in [6.45, 7) is 3.96. The lowest BCUT2D eigenvalue weighted by atomic mass is 10.1. The number of H-pyrrole nitrogens is 1. The van der Waals surface area contributed by atoms with Gasteiger partial charge in [-0.25, -0.2) is 4.98 Å². The third-order valence-electron chi connectivity index (χ3n) is 5.46. The highest BCUT2D eigenvalue weighted by Crippen LogP contribution is 2.29. The minimum Gasteiger partial charge on any atom is -0.354 e. The van der Waals surface area contributed by atoms with Gasteiger partial charge in [-0.05, 0) is 44.2 Å². The molecule has 0 aliphatic rings. The maximum atomic E-state index is 13.1. The van der Waals surface area contributed by atoms with Gasteiger partial charge in [0.25, 0.3) is 5.91 Å². The number of aryl methyl sites for hydroxylation is 1. The van der Waals surface area contributed by atoms with Crippen molar-refractivity contribution in [3.8, 4) is 5.69 Å². The fourth-order valence-electron chi connectivity index (χ4n) is 3.81. The van der Waals surface area contributed by atoms with Crippen molar-refractivity contribution in [3.63, 3.8) is 0 Å². The maximum absolute atomic E-state index is 13.1. The number of benzene rings is 3. The van der Waals surface area contributed by atoms with Crippen LogP contribution in [0.4, 0.5) is 5.69 Å². The van der Waals surface area contributed by atoms with E-state index in [0.29, 0.717) is 16.3 Å². The van der Waals surface area contributed by atoms with Crippen molar-refractivity contribution in [1.29, 1.82) is 0 Å². The first-order chi connectivity index (χ1) is 14.5. The second kappa shape index (κ2) is 7.04. The molecule has 0 saturated heterocycles. The van der Waals surface area contributed by atoms with Crippen LogP contribution in [-0.2, 0) is 0 Å². The predicted molar refractivity (Wildman–Crippen MR) is 122 cm³/mol. The number of nitrogens with one attached hydrogen (secondary N) is 2. The zero-order valence-corrected chi connectivity index (χ0v) is 17.3. The van der Waals surface area contributed by atoms with E-state index in [1.807, 2.05) is 66.9 Å². The minimum atomic E-state index is -0.195. The van der Waals surface area contributed by atoms with E-state index in [1.54, 1.807) is 12.4 Å². The summed E-state index contributed by atoms with van der Waals surface area (Å²) >= 11 is 6.35. The van der Waals surface area contributed by atoms with Crippen molar-refractivity contribution >= 4 is 45.0 Å². The molecule has 0 bridgehead atoms. The van der Waals surface area contributed by atoms with Crippen LogP contribution in [0, 0.1) is 13.8 Å². The average molecular weight is 415 g/mol. The Morgan fingerprint density at radius 2 is 1.83 bits per heavy atom. The second-order valence-corrected chi connectivity index (χ2v) is 7.77. The molecule has 5 nitrogen and oxygen atoms in total. The average Bonchev–Trinajstić information content (AvgIpc) is 3.27. The van der Waals surface area contributed by atoms with Crippen LogP contribution in [0.1, 0.15) is 21.7 Å². The number of amides is 1. The summed E-state index contributed by atoms with van der Waals surface area (Å²) in [6.07, 6.45) is 1.76. The summed E-state index contributed by atoms with van der Waals surface area (Å²) in [4.78, 5) is 20.9. The zero-order chi connectivity index (χ0) is 20.8. The van der Waals surface area contributed by atoms with Gasteiger partial charge in [0.15, 0.2) is 0 Å². The molecular formula is C24H19ClN4O. The SMILES string of the molecule is Cc1ncn(-c2cc(Cl)cc(NC(=O)c3cccc4c3[nH]c3ccccc34)c2)c1C. The quantitative estimate of drug-likeness (QED) is 0.378. The number of hydrogen-bond acceptors (Lipinski definition) is 2. The predicted octanol–water partition coefficient (Wildman–Crippen LogP) is 6.03.